The van der Waals surface area contributed by atoms with Crippen molar-refractivity contribution >= 4 is 34.3 Å². The summed E-state index contributed by atoms with van der Waals surface area (Å²) in [6, 6.07) is 17.2. The first kappa shape index (κ1) is 10.7. The van der Waals surface area contributed by atoms with Crippen LogP contribution < -0.4 is 10.6 Å². The SMILES string of the molecule is O=[PH](c1ccccc1)c1ccccc1Br. The Bertz CT molecular complexity index is 482. The molecular weight excluding hydrogens is 271 g/mol. The summed E-state index contributed by atoms with van der Waals surface area (Å²) in [4.78, 5) is 0. The second kappa shape index (κ2) is 4.78. The Morgan fingerprint density at radius 3 is 2.13 bits per heavy atom. The summed E-state index contributed by atoms with van der Waals surface area (Å²) in [5.74, 6) is 0. The van der Waals surface area contributed by atoms with Gasteiger partial charge >= 0.3 is 0 Å². The van der Waals surface area contributed by atoms with E-state index in [2.05, 4.69) is 15.9 Å². The molecule has 0 bridgehead atoms. The molecule has 2 rings (SSSR count). The van der Waals surface area contributed by atoms with Crippen LogP contribution in [0.1, 0.15) is 0 Å². The van der Waals surface area contributed by atoms with Gasteiger partial charge in [0.25, 0.3) is 0 Å². The second-order valence-corrected chi connectivity index (χ2v) is 5.80. The molecule has 1 unspecified atom stereocenters. The third-order valence-electron chi connectivity index (χ3n) is 2.15. The highest BCUT2D eigenvalue weighted by Crippen LogP contribution is 2.23. The van der Waals surface area contributed by atoms with E-state index >= 15 is 0 Å². The summed E-state index contributed by atoms with van der Waals surface area (Å²) in [6.07, 6.45) is 0. The van der Waals surface area contributed by atoms with Crippen molar-refractivity contribution in [3.05, 3.63) is 59.1 Å². The van der Waals surface area contributed by atoms with Gasteiger partial charge in [-0.15, -0.1) is 0 Å². The van der Waals surface area contributed by atoms with Crippen molar-refractivity contribution in [3.8, 4) is 0 Å². The first-order valence-electron chi connectivity index (χ1n) is 4.63. The lowest BCUT2D eigenvalue weighted by Crippen LogP contribution is -2.07. The zero-order valence-corrected chi connectivity index (χ0v) is 10.6. The Morgan fingerprint density at radius 2 is 1.47 bits per heavy atom. The van der Waals surface area contributed by atoms with Gasteiger partial charge in [0.15, 0.2) is 0 Å². The van der Waals surface area contributed by atoms with Gasteiger partial charge in [-0.3, -0.25) is 0 Å². The van der Waals surface area contributed by atoms with Gasteiger partial charge in [0.1, 0.15) is 7.80 Å². The van der Waals surface area contributed by atoms with Crippen molar-refractivity contribution in [2.24, 2.45) is 0 Å². The monoisotopic (exact) mass is 280 g/mol. The normalized spacial score (nSPS) is 12.3. The number of hydrogen-bond acceptors (Lipinski definition) is 1. The van der Waals surface area contributed by atoms with Gasteiger partial charge in [0.2, 0.25) is 0 Å². The maximum Gasteiger partial charge on any atom is 0.132 e. The van der Waals surface area contributed by atoms with Crippen LogP contribution >= 0.6 is 23.7 Å². The van der Waals surface area contributed by atoms with Crippen LogP contribution in [0.2, 0.25) is 0 Å². The van der Waals surface area contributed by atoms with E-state index in [4.69, 9.17) is 0 Å². The van der Waals surface area contributed by atoms with Crippen molar-refractivity contribution in [3.63, 3.8) is 0 Å². The van der Waals surface area contributed by atoms with Crippen LogP contribution in [0.4, 0.5) is 0 Å². The first-order valence-corrected chi connectivity index (χ1v) is 6.83. The summed E-state index contributed by atoms with van der Waals surface area (Å²) in [5, 5.41) is 1.78. The summed E-state index contributed by atoms with van der Waals surface area (Å²) in [7, 11) is -1.87. The van der Waals surface area contributed by atoms with Crippen LogP contribution in [0.25, 0.3) is 0 Å². The highest BCUT2D eigenvalue weighted by atomic mass is 79.9. The predicted molar refractivity (Wildman–Crippen MR) is 68.9 cm³/mol. The third kappa shape index (κ3) is 2.39. The minimum absolute atomic E-state index is 0.883. The molecule has 0 heterocycles. The first-order chi connectivity index (χ1) is 7.29. The van der Waals surface area contributed by atoms with Gasteiger partial charge in [-0.1, -0.05) is 64.5 Å². The molecule has 76 valence electrons. The van der Waals surface area contributed by atoms with Gasteiger partial charge in [-0.25, -0.2) is 0 Å². The topological polar surface area (TPSA) is 17.1 Å². The molecule has 0 radical (unpaired) electrons. The fourth-order valence-corrected chi connectivity index (χ4v) is 3.57. The standard InChI is InChI=1S/C12H10BrOP/c13-11-8-4-5-9-12(11)15(14)10-6-2-1-3-7-10/h1-9,15H. The van der Waals surface area contributed by atoms with E-state index in [1.54, 1.807) is 0 Å². The summed E-state index contributed by atoms with van der Waals surface area (Å²) in [6.45, 7) is 0. The molecule has 0 saturated carbocycles. The van der Waals surface area contributed by atoms with Gasteiger partial charge in [-0.2, -0.15) is 0 Å². The lowest BCUT2D eigenvalue weighted by atomic mass is 10.4. The van der Waals surface area contributed by atoms with E-state index in [9.17, 15) is 4.57 Å². The van der Waals surface area contributed by atoms with Crippen molar-refractivity contribution < 1.29 is 4.57 Å². The molecule has 15 heavy (non-hydrogen) atoms. The minimum Gasteiger partial charge on any atom is -0.317 e. The molecule has 0 aromatic heterocycles. The van der Waals surface area contributed by atoms with E-state index in [0.717, 1.165) is 15.1 Å². The third-order valence-corrected chi connectivity index (χ3v) is 4.99. The predicted octanol–water partition coefficient (Wildman–Crippen LogP) is 2.96. The molecule has 0 N–H and O–H groups in total. The van der Waals surface area contributed by atoms with Crippen LogP contribution in [-0.4, -0.2) is 0 Å². The second-order valence-electron chi connectivity index (χ2n) is 3.17. The minimum atomic E-state index is -1.87. The summed E-state index contributed by atoms with van der Waals surface area (Å²) >= 11 is 3.42. The Kier molecular flexibility index (Phi) is 3.40. The zero-order chi connectivity index (χ0) is 10.7. The largest absolute Gasteiger partial charge is 0.317 e. The molecule has 0 aliphatic rings. The molecular formula is C12H10BrOP. The molecule has 0 aliphatic heterocycles. The molecule has 2 aromatic rings. The van der Waals surface area contributed by atoms with Gasteiger partial charge in [0.05, 0.1) is 0 Å². The molecule has 0 amide bonds. The smallest absolute Gasteiger partial charge is 0.132 e. The Balaban J connectivity index is 2.42. The lowest BCUT2D eigenvalue weighted by Gasteiger charge is -2.04. The maximum absolute atomic E-state index is 12.2. The number of benzene rings is 2. The maximum atomic E-state index is 12.2. The molecule has 0 aliphatic carbocycles. The zero-order valence-electron chi connectivity index (χ0n) is 7.98. The van der Waals surface area contributed by atoms with Crippen LogP contribution in [0, 0.1) is 0 Å². The van der Waals surface area contributed by atoms with Crippen molar-refractivity contribution in [1.29, 1.82) is 0 Å². The van der Waals surface area contributed by atoms with Crippen molar-refractivity contribution in [2.75, 3.05) is 0 Å². The molecule has 0 spiro atoms. The average molecular weight is 281 g/mol. The molecule has 2 aromatic carbocycles. The quantitative estimate of drug-likeness (QED) is 0.773. The number of halogens is 1. The van der Waals surface area contributed by atoms with Gasteiger partial charge < -0.3 is 4.57 Å². The fourth-order valence-electron chi connectivity index (χ4n) is 1.39. The van der Waals surface area contributed by atoms with Crippen molar-refractivity contribution in [1.82, 2.24) is 0 Å². The van der Waals surface area contributed by atoms with E-state index < -0.39 is 7.80 Å². The highest BCUT2D eigenvalue weighted by Gasteiger charge is 2.08. The molecule has 3 heteroatoms. The summed E-state index contributed by atoms with van der Waals surface area (Å²) < 4.78 is 13.1. The Hall–Kier alpha value is -0.850. The van der Waals surface area contributed by atoms with Gasteiger partial charge in [0, 0.05) is 15.1 Å². The van der Waals surface area contributed by atoms with Crippen molar-refractivity contribution in [2.45, 2.75) is 0 Å². The van der Waals surface area contributed by atoms with Crippen LogP contribution in [-0.2, 0) is 4.57 Å². The highest BCUT2D eigenvalue weighted by molar-refractivity contribution is 9.10. The van der Waals surface area contributed by atoms with Crippen LogP contribution in [0.3, 0.4) is 0 Å². The number of hydrogen-bond donors (Lipinski definition) is 0. The Morgan fingerprint density at radius 1 is 0.867 bits per heavy atom. The number of rotatable bonds is 2. The van der Waals surface area contributed by atoms with Crippen LogP contribution in [0.15, 0.2) is 59.1 Å². The van der Waals surface area contributed by atoms with E-state index in [-0.39, 0.29) is 0 Å². The molecule has 0 saturated heterocycles. The van der Waals surface area contributed by atoms with E-state index in [1.807, 2.05) is 54.6 Å². The molecule has 1 atom stereocenters. The van der Waals surface area contributed by atoms with E-state index in [1.165, 1.54) is 0 Å². The lowest BCUT2D eigenvalue weighted by molar-refractivity contribution is 0.598. The average Bonchev–Trinajstić information content (AvgIpc) is 2.30. The van der Waals surface area contributed by atoms with Crippen LogP contribution in [0.5, 0.6) is 0 Å². The van der Waals surface area contributed by atoms with E-state index in [0.29, 0.717) is 0 Å². The fraction of sp³-hybridized carbons (Fsp3) is 0. The summed E-state index contributed by atoms with van der Waals surface area (Å²) in [5.41, 5.74) is 0. The molecule has 1 nitrogen and oxygen atoms in total. The molecule has 0 fully saturated rings. The Labute approximate surface area is 98.1 Å². The van der Waals surface area contributed by atoms with Gasteiger partial charge in [-0.05, 0) is 6.07 Å².